The molecule has 0 saturated carbocycles. The Balaban J connectivity index is 2.26. The molecule has 1 aromatic carbocycles. The molecule has 0 bridgehead atoms. The Kier molecular flexibility index (Phi) is 4.37. The number of rotatable bonds is 3. The molecule has 0 radical (unpaired) electrons. The van der Waals surface area contributed by atoms with Crippen LogP contribution in [-0.4, -0.2) is 21.3 Å². The predicted octanol–water partition coefficient (Wildman–Crippen LogP) is 3.32. The molecule has 22 heavy (non-hydrogen) atoms. The molecule has 0 spiro atoms. The average Bonchev–Trinajstić information content (AvgIpc) is 2.93. The maximum absolute atomic E-state index is 12.4. The van der Waals surface area contributed by atoms with Crippen LogP contribution >= 0.6 is 38.5 Å². The SMILES string of the molecule is Cc1c(Br)cccc1-c1nc2c(=O)n(CCO)cc(I)c2o1. The zero-order valence-corrected chi connectivity index (χ0v) is 15.4. The maximum Gasteiger partial charge on any atom is 0.280 e. The Morgan fingerprint density at radius 2 is 2.23 bits per heavy atom. The molecular weight excluding hydrogens is 463 g/mol. The Morgan fingerprint density at radius 1 is 1.45 bits per heavy atom. The van der Waals surface area contributed by atoms with Crippen molar-refractivity contribution < 1.29 is 9.52 Å². The van der Waals surface area contributed by atoms with Crippen molar-refractivity contribution in [1.29, 1.82) is 0 Å². The van der Waals surface area contributed by atoms with E-state index in [0.29, 0.717) is 11.5 Å². The van der Waals surface area contributed by atoms with Crippen LogP contribution in [-0.2, 0) is 6.54 Å². The van der Waals surface area contributed by atoms with E-state index in [4.69, 9.17) is 9.52 Å². The van der Waals surface area contributed by atoms with E-state index in [0.717, 1.165) is 19.2 Å². The number of halogens is 2. The molecule has 0 amide bonds. The number of fused-ring (bicyclic) bond motifs is 1. The molecule has 5 nitrogen and oxygen atoms in total. The van der Waals surface area contributed by atoms with E-state index in [1.54, 1.807) is 6.20 Å². The Bertz CT molecular complexity index is 917. The minimum absolute atomic E-state index is 0.100. The molecule has 0 unspecified atom stereocenters. The van der Waals surface area contributed by atoms with E-state index < -0.39 is 0 Å². The zero-order valence-electron chi connectivity index (χ0n) is 11.6. The molecule has 0 fully saturated rings. The summed E-state index contributed by atoms with van der Waals surface area (Å²) in [6, 6.07) is 5.75. The Hall–Kier alpha value is -1.19. The van der Waals surface area contributed by atoms with Crippen LogP contribution in [0, 0.1) is 10.5 Å². The highest BCUT2D eigenvalue weighted by Gasteiger charge is 2.17. The quantitative estimate of drug-likeness (QED) is 0.591. The van der Waals surface area contributed by atoms with Gasteiger partial charge in [-0.3, -0.25) is 4.79 Å². The fourth-order valence-electron chi connectivity index (χ4n) is 2.25. The molecule has 0 aliphatic heterocycles. The number of aromatic nitrogens is 2. The second kappa shape index (κ2) is 6.13. The van der Waals surface area contributed by atoms with Gasteiger partial charge < -0.3 is 14.1 Å². The van der Waals surface area contributed by atoms with Crippen molar-refractivity contribution in [1.82, 2.24) is 9.55 Å². The fraction of sp³-hybridized carbons (Fsp3) is 0.200. The van der Waals surface area contributed by atoms with Crippen molar-refractivity contribution in [3.05, 3.63) is 48.4 Å². The summed E-state index contributed by atoms with van der Waals surface area (Å²) in [7, 11) is 0. The number of benzene rings is 1. The number of pyridine rings is 1. The third-order valence-corrected chi connectivity index (χ3v) is 5.04. The lowest BCUT2D eigenvalue weighted by Gasteiger charge is -2.03. The molecule has 1 N–H and O–H groups in total. The first-order chi connectivity index (χ1) is 10.5. The van der Waals surface area contributed by atoms with Gasteiger partial charge in [-0.2, -0.15) is 0 Å². The van der Waals surface area contributed by atoms with E-state index in [9.17, 15) is 4.79 Å². The van der Waals surface area contributed by atoms with Crippen molar-refractivity contribution in [2.75, 3.05) is 6.61 Å². The first-order valence-electron chi connectivity index (χ1n) is 6.58. The topological polar surface area (TPSA) is 68.3 Å². The normalized spacial score (nSPS) is 11.3. The summed E-state index contributed by atoms with van der Waals surface area (Å²) in [5, 5.41) is 9.05. The van der Waals surface area contributed by atoms with E-state index in [2.05, 4.69) is 43.5 Å². The lowest BCUT2D eigenvalue weighted by atomic mass is 10.1. The minimum atomic E-state index is -0.257. The van der Waals surface area contributed by atoms with E-state index >= 15 is 0 Å². The van der Waals surface area contributed by atoms with E-state index in [1.165, 1.54) is 4.57 Å². The van der Waals surface area contributed by atoms with Crippen molar-refractivity contribution >= 4 is 49.6 Å². The summed E-state index contributed by atoms with van der Waals surface area (Å²) < 4.78 is 9.01. The molecule has 2 aromatic heterocycles. The first kappa shape index (κ1) is 15.7. The van der Waals surface area contributed by atoms with Gasteiger partial charge in [0.25, 0.3) is 5.56 Å². The first-order valence-corrected chi connectivity index (χ1v) is 8.46. The number of hydrogen-bond acceptors (Lipinski definition) is 4. The van der Waals surface area contributed by atoms with Gasteiger partial charge in [-0.1, -0.05) is 22.0 Å². The predicted molar refractivity (Wildman–Crippen MR) is 95.9 cm³/mol. The number of oxazole rings is 1. The van der Waals surface area contributed by atoms with Gasteiger partial charge >= 0.3 is 0 Å². The molecule has 3 rings (SSSR count). The summed E-state index contributed by atoms with van der Waals surface area (Å²) in [4.78, 5) is 16.8. The van der Waals surface area contributed by atoms with Gasteiger partial charge in [0.15, 0.2) is 11.1 Å². The van der Waals surface area contributed by atoms with Crippen molar-refractivity contribution in [3.63, 3.8) is 0 Å². The van der Waals surface area contributed by atoms with E-state index in [1.807, 2.05) is 25.1 Å². The van der Waals surface area contributed by atoms with Crippen LogP contribution in [0.4, 0.5) is 0 Å². The summed E-state index contributed by atoms with van der Waals surface area (Å²) >= 11 is 5.59. The molecule has 0 saturated heterocycles. The molecule has 2 heterocycles. The van der Waals surface area contributed by atoms with Crippen LogP contribution in [0.25, 0.3) is 22.6 Å². The van der Waals surface area contributed by atoms with Crippen molar-refractivity contribution in [2.45, 2.75) is 13.5 Å². The van der Waals surface area contributed by atoms with Crippen molar-refractivity contribution in [2.24, 2.45) is 0 Å². The summed E-state index contributed by atoms with van der Waals surface area (Å²) in [6.45, 7) is 2.10. The molecule has 7 heteroatoms. The monoisotopic (exact) mass is 474 g/mol. The van der Waals surface area contributed by atoms with Gasteiger partial charge in [-0.05, 0) is 47.2 Å². The zero-order chi connectivity index (χ0) is 15.9. The van der Waals surface area contributed by atoms with E-state index in [-0.39, 0.29) is 24.2 Å². The molecule has 0 atom stereocenters. The second-order valence-corrected chi connectivity index (χ2v) is 6.82. The van der Waals surface area contributed by atoms with Gasteiger partial charge in [0.1, 0.15) is 0 Å². The standard InChI is InChI=1S/C15H12BrIN2O3/c1-8-9(3-2-4-10(8)16)14-18-12-13(22-14)11(17)7-19(5-6-20)15(12)21/h2-4,7,20H,5-6H2,1H3. The smallest absolute Gasteiger partial charge is 0.280 e. The Labute approximate surface area is 148 Å². The molecule has 3 aromatic rings. The van der Waals surface area contributed by atoms with Crippen molar-refractivity contribution in [3.8, 4) is 11.5 Å². The largest absolute Gasteiger partial charge is 0.435 e. The van der Waals surface area contributed by atoms with Crippen LogP contribution in [0.15, 0.2) is 38.1 Å². The van der Waals surface area contributed by atoms with Gasteiger partial charge in [0, 0.05) is 22.8 Å². The van der Waals surface area contributed by atoms with Crippen LogP contribution in [0.1, 0.15) is 5.56 Å². The molecule has 0 aliphatic carbocycles. The second-order valence-electron chi connectivity index (χ2n) is 4.81. The van der Waals surface area contributed by atoms with Crippen LogP contribution in [0.2, 0.25) is 0 Å². The van der Waals surface area contributed by atoms with Gasteiger partial charge in [-0.25, -0.2) is 4.98 Å². The summed E-state index contributed by atoms with van der Waals surface area (Å²) in [6.07, 6.45) is 1.67. The fourth-order valence-corrected chi connectivity index (χ4v) is 3.31. The van der Waals surface area contributed by atoms with Gasteiger partial charge in [-0.15, -0.1) is 0 Å². The number of aliphatic hydroxyl groups excluding tert-OH is 1. The average molecular weight is 475 g/mol. The molecular formula is C15H12BrIN2O3. The summed E-state index contributed by atoms with van der Waals surface area (Å²) in [5.41, 5.74) is 2.35. The number of hydrogen-bond donors (Lipinski definition) is 1. The number of aliphatic hydroxyl groups is 1. The highest BCUT2D eigenvalue weighted by atomic mass is 127. The van der Waals surface area contributed by atoms with Gasteiger partial charge in [0.2, 0.25) is 5.89 Å². The van der Waals surface area contributed by atoms with Crippen LogP contribution < -0.4 is 5.56 Å². The Morgan fingerprint density at radius 3 is 2.95 bits per heavy atom. The summed E-state index contributed by atoms with van der Waals surface area (Å²) in [5.74, 6) is 0.422. The number of nitrogens with zero attached hydrogens (tertiary/aromatic N) is 2. The third-order valence-electron chi connectivity index (χ3n) is 3.42. The lowest BCUT2D eigenvalue weighted by Crippen LogP contribution is -2.22. The molecule has 0 aliphatic rings. The highest BCUT2D eigenvalue weighted by Crippen LogP contribution is 2.30. The highest BCUT2D eigenvalue weighted by molar-refractivity contribution is 14.1. The van der Waals surface area contributed by atoms with Crippen LogP contribution in [0.3, 0.4) is 0 Å². The minimum Gasteiger partial charge on any atom is -0.435 e. The molecule has 114 valence electrons. The lowest BCUT2D eigenvalue weighted by molar-refractivity contribution is 0.274. The van der Waals surface area contributed by atoms with Crippen LogP contribution in [0.5, 0.6) is 0 Å². The van der Waals surface area contributed by atoms with Gasteiger partial charge in [0.05, 0.1) is 10.2 Å². The maximum atomic E-state index is 12.4. The third kappa shape index (κ3) is 2.61.